The summed E-state index contributed by atoms with van der Waals surface area (Å²) >= 11 is 0. The number of carboxylic acids is 1. The van der Waals surface area contributed by atoms with Crippen LogP contribution >= 0.6 is 0 Å². The Labute approximate surface area is 244 Å². The molecule has 0 bridgehead atoms. The van der Waals surface area contributed by atoms with E-state index in [1.54, 1.807) is 0 Å². The first-order valence-electron chi connectivity index (χ1n) is 14.1. The number of alkyl halides is 3. The number of carbonyl (C=O) groups excluding carboxylic acids is 2. The van der Waals surface area contributed by atoms with Gasteiger partial charge in [0.2, 0.25) is 5.91 Å². The molecule has 2 N–H and O–H groups in total. The molecule has 3 fully saturated rings. The molecule has 2 unspecified atom stereocenters. The van der Waals surface area contributed by atoms with E-state index in [1.807, 2.05) is 18.2 Å². The van der Waals surface area contributed by atoms with E-state index in [2.05, 4.69) is 22.3 Å². The van der Waals surface area contributed by atoms with Gasteiger partial charge in [0.25, 0.3) is 5.91 Å². The largest absolute Gasteiger partial charge is 0.490 e. The van der Waals surface area contributed by atoms with Gasteiger partial charge in [-0.05, 0) is 36.7 Å². The van der Waals surface area contributed by atoms with Gasteiger partial charge >= 0.3 is 12.1 Å². The lowest BCUT2D eigenvalue weighted by atomic mass is 10.0. The van der Waals surface area contributed by atoms with Crippen molar-refractivity contribution in [3.63, 3.8) is 0 Å². The van der Waals surface area contributed by atoms with Crippen molar-refractivity contribution in [3.8, 4) is 0 Å². The van der Waals surface area contributed by atoms with Crippen LogP contribution < -0.4 is 5.32 Å². The van der Waals surface area contributed by atoms with Crippen LogP contribution in [0.4, 0.5) is 26.3 Å². The molecule has 2 aromatic rings. The van der Waals surface area contributed by atoms with Crippen LogP contribution in [0.5, 0.6) is 0 Å². The van der Waals surface area contributed by atoms with Gasteiger partial charge in [0, 0.05) is 50.8 Å². The van der Waals surface area contributed by atoms with Crippen LogP contribution in [0.2, 0.25) is 0 Å². The summed E-state index contributed by atoms with van der Waals surface area (Å²) in [5, 5.41) is 10.4. The van der Waals surface area contributed by atoms with Crippen LogP contribution in [0.15, 0.2) is 42.5 Å². The average molecular weight is 614 g/mol. The number of fused-ring (bicyclic) bond motifs is 1. The second kappa shape index (κ2) is 13.8. The molecule has 43 heavy (non-hydrogen) atoms. The number of aliphatic carboxylic acids is 1. The predicted octanol–water partition coefficient (Wildman–Crippen LogP) is 5.18. The summed E-state index contributed by atoms with van der Waals surface area (Å²) in [4.78, 5) is 38.3. The molecule has 2 saturated heterocycles. The highest BCUT2D eigenvalue weighted by Gasteiger charge is 2.42. The third-order valence-electron chi connectivity index (χ3n) is 8.29. The Morgan fingerprint density at radius 2 is 1.44 bits per heavy atom. The number of benzene rings is 2. The number of halogens is 6. The highest BCUT2D eigenvalue weighted by molar-refractivity contribution is 5.95. The van der Waals surface area contributed by atoms with Crippen LogP contribution in [0.25, 0.3) is 0 Å². The van der Waals surface area contributed by atoms with Crippen LogP contribution in [-0.2, 0) is 9.59 Å². The van der Waals surface area contributed by atoms with Gasteiger partial charge in [-0.3, -0.25) is 9.59 Å². The first-order chi connectivity index (χ1) is 20.3. The summed E-state index contributed by atoms with van der Waals surface area (Å²) < 4.78 is 73.2. The average Bonchev–Trinajstić information content (AvgIpc) is 3.68. The molecular formula is C30H33F6N3O4. The number of hydrogen-bond donors (Lipinski definition) is 2. The number of carbonyl (C=O) groups is 3. The Morgan fingerprint density at radius 1 is 0.907 bits per heavy atom. The number of nitrogens with zero attached hydrogens (tertiary/aromatic N) is 2. The van der Waals surface area contributed by atoms with Crippen molar-refractivity contribution < 1.29 is 45.8 Å². The predicted molar refractivity (Wildman–Crippen MR) is 143 cm³/mol. The number of carboxylic acid groups (broad SMARTS) is 1. The lowest BCUT2D eigenvalue weighted by molar-refractivity contribution is -0.192. The first kappa shape index (κ1) is 32.3. The zero-order valence-corrected chi connectivity index (χ0v) is 23.3. The van der Waals surface area contributed by atoms with Crippen molar-refractivity contribution >= 4 is 17.8 Å². The minimum absolute atomic E-state index is 0.0535. The van der Waals surface area contributed by atoms with E-state index in [-0.39, 0.29) is 29.7 Å². The molecule has 3 aliphatic rings. The summed E-state index contributed by atoms with van der Waals surface area (Å²) in [5.74, 6) is -6.13. The topological polar surface area (TPSA) is 90.0 Å². The molecule has 1 aliphatic carbocycles. The number of hydrogen-bond acceptors (Lipinski definition) is 4. The third kappa shape index (κ3) is 8.27. The van der Waals surface area contributed by atoms with Crippen molar-refractivity contribution in [2.24, 2.45) is 17.8 Å². The second-order valence-corrected chi connectivity index (χ2v) is 11.3. The van der Waals surface area contributed by atoms with Gasteiger partial charge in [-0.25, -0.2) is 18.0 Å². The quantitative estimate of drug-likeness (QED) is 0.421. The highest BCUT2D eigenvalue weighted by atomic mass is 19.4. The minimum atomic E-state index is -5.08. The lowest BCUT2D eigenvalue weighted by Gasteiger charge is -2.26. The Hall–Kier alpha value is -3.61. The smallest absolute Gasteiger partial charge is 0.475 e. The lowest BCUT2D eigenvalue weighted by Crippen LogP contribution is -2.37. The monoisotopic (exact) mass is 613 g/mol. The Morgan fingerprint density at radius 3 is 1.95 bits per heavy atom. The van der Waals surface area contributed by atoms with E-state index in [9.17, 15) is 35.9 Å². The molecule has 5 rings (SSSR count). The number of nitrogens with one attached hydrogen (secondary N) is 1. The maximum Gasteiger partial charge on any atom is 0.490 e. The Balaban J connectivity index is 0.000000541. The molecule has 7 nitrogen and oxygen atoms in total. The minimum Gasteiger partial charge on any atom is -0.475 e. The van der Waals surface area contributed by atoms with E-state index in [4.69, 9.17) is 9.90 Å². The fourth-order valence-corrected chi connectivity index (χ4v) is 6.14. The molecule has 0 aromatic heterocycles. The highest BCUT2D eigenvalue weighted by Crippen LogP contribution is 2.33. The van der Waals surface area contributed by atoms with Crippen molar-refractivity contribution in [1.29, 1.82) is 0 Å². The molecule has 2 aromatic carbocycles. The molecule has 2 heterocycles. The fourth-order valence-electron chi connectivity index (χ4n) is 6.14. The van der Waals surface area contributed by atoms with E-state index in [0.29, 0.717) is 25.2 Å². The van der Waals surface area contributed by atoms with Crippen LogP contribution in [0.3, 0.4) is 0 Å². The van der Waals surface area contributed by atoms with Crippen molar-refractivity contribution in [2.45, 2.75) is 44.3 Å². The van der Waals surface area contributed by atoms with Gasteiger partial charge in [0.1, 0.15) is 23.0 Å². The molecule has 3 atom stereocenters. The van der Waals surface area contributed by atoms with Gasteiger partial charge in [-0.2, -0.15) is 13.2 Å². The Kier molecular flexibility index (Phi) is 10.4. The van der Waals surface area contributed by atoms with Gasteiger partial charge in [0.15, 0.2) is 0 Å². The zero-order chi connectivity index (χ0) is 31.3. The molecule has 2 amide bonds. The standard InChI is InChI=1S/C28H32F3N3O2.C2HF3O2/c29-22-12-23(30)26(24(31)13-22)28(36)34-16-20-14-33(15-21(20)17-34)11-10-25(18-6-2-1-3-7-18)32-27(35)19-8-4-5-9-19;3-2(4,5)1(6)7/h1-3,6-7,12-13,19-21,25H,4-5,8-11,14-17H2,(H,32,35);(H,6,7)/t20-,21?,25?;/m0./s1. The SMILES string of the molecule is O=C(NC(CCN1CC2CN(C(=O)c3c(F)cc(F)cc3F)C[C@@H]2C1)c1ccccc1)C1CCCC1.O=C(O)C(F)(F)F. The van der Waals surface area contributed by atoms with Crippen molar-refractivity contribution in [2.75, 3.05) is 32.7 Å². The van der Waals surface area contributed by atoms with Crippen LogP contribution in [0.1, 0.15) is 54.1 Å². The third-order valence-corrected chi connectivity index (χ3v) is 8.29. The molecule has 0 radical (unpaired) electrons. The van der Waals surface area contributed by atoms with Gasteiger partial charge in [-0.1, -0.05) is 43.2 Å². The van der Waals surface area contributed by atoms with Crippen molar-refractivity contribution in [1.82, 2.24) is 15.1 Å². The molecule has 13 heteroatoms. The maximum absolute atomic E-state index is 14.1. The van der Waals surface area contributed by atoms with Crippen LogP contribution in [0, 0.1) is 35.2 Å². The molecule has 234 valence electrons. The summed E-state index contributed by atoms with van der Waals surface area (Å²) in [6.45, 7) is 3.25. The second-order valence-electron chi connectivity index (χ2n) is 11.3. The van der Waals surface area contributed by atoms with E-state index in [0.717, 1.165) is 57.3 Å². The van der Waals surface area contributed by atoms with Gasteiger partial charge in [0.05, 0.1) is 6.04 Å². The summed E-state index contributed by atoms with van der Waals surface area (Å²) in [6, 6.07) is 11.1. The molecule has 0 spiro atoms. The number of rotatable bonds is 7. The zero-order valence-electron chi connectivity index (χ0n) is 23.3. The Bertz CT molecular complexity index is 1270. The van der Waals surface area contributed by atoms with E-state index in [1.165, 1.54) is 4.90 Å². The molecule has 1 saturated carbocycles. The molecule has 2 aliphatic heterocycles. The van der Waals surface area contributed by atoms with Crippen LogP contribution in [-0.4, -0.2) is 71.6 Å². The number of likely N-dealkylation sites (tertiary alicyclic amines) is 2. The summed E-state index contributed by atoms with van der Waals surface area (Å²) in [7, 11) is 0. The summed E-state index contributed by atoms with van der Waals surface area (Å²) in [6.07, 6.45) is -0.140. The van der Waals surface area contributed by atoms with Gasteiger partial charge < -0.3 is 20.2 Å². The number of amides is 2. The maximum atomic E-state index is 14.1. The molecular weight excluding hydrogens is 580 g/mol. The van der Waals surface area contributed by atoms with Gasteiger partial charge in [-0.15, -0.1) is 0 Å². The normalized spacial score (nSPS) is 21.2. The fraction of sp³-hybridized carbons (Fsp3) is 0.500. The van der Waals surface area contributed by atoms with E-state index >= 15 is 0 Å². The van der Waals surface area contributed by atoms with Crippen molar-refractivity contribution in [3.05, 3.63) is 71.0 Å². The first-order valence-corrected chi connectivity index (χ1v) is 14.1. The summed E-state index contributed by atoms with van der Waals surface area (Å²) in [5.41, 5.74) is 0.417. The van der Waals surface area contributed by atoms with E-state index < -0.39 is 41.1 Å².